The van der Waals surface area contributed by atoms with Crippen molar-refractivity contribution in [3.8, 4) is 5.75 Å². The van der Waals surface area contributed by atoms with Gasteiger partial charge in [0.05, 0.1) is 28.6 Å². The Bertz CT molecular complexity index is 1100. The summed E-state index contributed by atoms with van der Waals surface area (Å²) >= 11 is 1.62. The Hall–Kier alpha value is -2.41. The van der Waals surface area contributed by atoms with E-state index in [0.29, 0.717) is 19.1 Å². The van der Waals surface area contributed by atoms with Crippen LogP contribution in [0, 0.1) is 23.2 Å². The fraction of sp³-hybridized carbons (Fsp3) is 0.577. The molecular formula is C26H32N4O2S. The molecule has 0 spiro atoms. The fourth-order valence-electron chi connectivity index (χ4n) is 7.04. The third kappa shape index (κ3) is 3.94. The number of carbonyl (C=O) groups excluding carboxylic acids is 1. The third-order valence-electron chi connectivity index (χ3n) is 7.98. The SMILES string of the molecule is CCOc1ccc2nc(N(CCCn3ccnc3)C(=O)C34CC5CC(CC(C5)C3)C4)sc2c1. The highest BCUT2D eigenvalue weighted by atomic mass is 32.1. The average Bonchev–Trinajstić information content (AvgIpc) is 3.45. The van der Waals surface area contributed by atoms with Crippen molar-refractivity contribution in [2.75, 3.05) is 18.1 Å². The van der Waals surface area contributed by atoms with Gasteiger partial charge in [-0.05, 0) is 87.8 Å². The van der Waals surface area contributed by atoms with Gasteiger partial charge >= 0.3 is 0 Å². The van der Waals surface area contributed by atoms with Crippen molar-refractivity contribution in [2.24, 2.45) is 23.2 Å². The summed E-state index contributed by atoms with van der Waals surface area (Å²) in [5.74, 6) is 3.43. The van der Waals surface area contributed by atoms with E-state index in [1.807, 2.05) is 42.7 Å². The molecule has 2 heterocycles. The van der Waals surface area contributed by atoms with E-state index in [2.05, 4.69) is 15.6 Å². The van der Waals surface area contributed by atoms with Crippen LogP contribution in [0.1, 0.15) is 51.9 Å². The number of thiazole rings is 1. The van der Waals surface area contributed by atoms with Crippen molar-refractivity contribution in [3.63, 3.8) is 0 Å². The predicted octanol–water partition coefficient (Wildman–Crippen LogP) is 5.53. The molecule has 6 nitrogen and oxygen atoms in total. The van der Waals surface area contributed by atoms with Crippen LogP contribution in [0.25, 0.3) is 10.2 Å². The summed E-state index contributed by atoms with van der Waals surface area (Å²) in [6.45, 7) is 4.18. The molecule has 0 unspecified atom stereocenters. The zero-order chi connectivity index (χ0) is 22.4. The number of carbonyl (C=O) groups is 1. The molecule has 7 heteroatoms. The number of anilines is 1. The maximum absolute atomic E-state index is 14.3. The molecule has 33 heavy (non-hydrogen) atoms. The van der Waals surface area contributed by atoms with E-state index in [0.717, 1.165) is 71.1 Å². The number of aromatic nitrogens is 3. The molecule has 3 aromatic rings. The van der Waals surface area contributed by atoms with E-state index in [4.69, 9.17) is 9.72 Å². The molecule has 1 amide bonds. The van der Waals surface area contributed by atoms with Crippen LogP contribution in [-0.2, 0) is 11.3 Å². The molecule has 1 aromatic carbocycles. The van der Waals surface area contributed by atoms with Crippen LogP contribution < -0.4 is 9.64 Å². The van der Waals surface area contributed by atoms with E-state index in [1.165, 1.54) is 19.3 Å². The molecule has 2 aromatic heterocycles. The summed E-state index contributed by atoms with van der Waals surface area (Å²) in [7, 11) is 0. The van der Waals surface area contributed by atoms with Gasteiger partial charge in [0, 0.05) is 25.5 Å². The molecule has 0 aliphatic heterocycles. The van der Waals surface area contributed by atoms with Crippen molar-refractivity contribution in [1.29, 1.82) is 0 Å². The largest absolute Gasteiger partial charge is 0.494 e. The zero-order valence-corrected chi connectivity index (χ0v) is 20.1. The Balaban J connectivity index is 1.30. The number of nitrogens with zero attached hydrogens (tertiary/aromatic N) is 4. The first-order chi connectivity index (χ1) is 16.1. The lowest BCUT2D eigenvalue weighted by Gasteiger charge is -2.56. The van der Waals surface area contributed by atoms with Crippen LogP contribution in [0.3, 0.4) is 0 Å². The second kappa shape index (κ2) is 8.42. The van der Waals surface area contributed by atoms with Gasteiger partial charge in [0.1, 0.15) is 5.75 Å². The highest BCUT2D eigenvalue weighted by Gasteiger charge is 2.55. The van der Waals surface area contributed by atoms with Gasteiger partial charge in [-0.1, -0.05) is 11.3 Å². The number of fused-ring (bicyclic) bond motifs is 1. The van der Waals surface area contributed by atoms with Gasteiger partial charge in [-0.3, -0.25) is 9.69 Å². The minimum atomic E-state index is -0.169. The summed E-state index contributed by atoms with van der Waals surface area (Å²) < 4.78 is 8.85. The quantitative estimate of drug-likeness (QED) is 0.440. The predicted molar refractivity (Wildman–Crippen MR) is 131 cm³/mol. The maximum atomic E-state index is 14.3. The zero-order valence-electron chi connectivity index (χ0n) is 19.3. The third-order valence-corrected chi connectivity index (χ3v) is 9.03. The second-order valence-electron chi connectivity index (χ2n) is 10.4. The maximum Gasteiger partial charge on any atom is 0.235 e. The molecule has 7 rings (SSSR count). The lowest BCUT2D eigenvalue weighted by Crippen LogP contribution is -2.55. The first kappa shape index (κ1) is 21.1. The highest BCUT2D eigenvalue weighted by molar-refractivity contribution is 7.22. The molecule has 4 bridgehead atoms. The van der Waals surface area contributed by atoms with Gasteiger partial charge in [0.25, 0.3) is 0 Å². The number of rotatable bonds is 8. The Kier molecular flexibility index (Phi) is 5.40. The second-order valence-corrected chi connectivity index (χ2v) is 11.4. The van der Waals surface area contributed by atoms with Crippen LogP contribution in [-0.4, -0.2) is 33.6 Å². The normalized spacial score (nSPS) is 27.8. The Morgan fingerprint density at radius 1 is 1.21 bits per heavy atom. The number of ether oxygens (including phenoxy) is 1. The molecule has 4 aliphatic rings. The van der Waals surface area contributed by atoms with E-state index in [1.54, 1.807) is 11.3 Å². The van der Waals surface area contributed by atoms with E-state index >= 15 is 0 Å². The van der Waals surface area contributed by atoms with Crippen molar-refractivity contribution in [2.45, 2.75) is 58.4 Å². The number of amides is 1. The number of imidazole rings is 1. The minimum absolute atomic E-state index is 0.169. The average molecular weight is 465 g/mol. The van der Waals surface area contributed by atoms with Gasteiger partial charge < -0.3 is 9.30 Å². The molecule has 4 saturated carbocycles. The van der Waals surface area contributed by atoms with Crippen molar-refractivity contribution < 1.29 is 9.53 Å². The van der Waals surface area contributed by atoms with Crippen LogP contribution in [0.4, 0.5) is 5.13 Å². The fourth-order valence-corrected chi connectivity index (χ4v) is 8.06. The Morgan fingerprint density at radius 2 is 1.97 bits per heavy atom. The lowest BCUT2D eigenvalue weighted by molar-refractivity contribution is -0.143. The summed E-state index contributed by atoms with van der Waals surface area (Å²) in [6.07, 6.45) is 13.8. The van der Waals surface area contributed by atoms with Gasteiger partial charge in [-0.25, -0.2) is 9.97 Å². The molecular weight excluding hydrogens is 432 g/mol. The molecule has 0 N–H and O–H groups in total. The lowest BCUT2D eigenvalue weighted by atomic mass is 9.49. The minimum Gasteiger partial charge on any atom is -0.494 e. The van der Waals surface area contributed by atoms with Crippen LogP contribution in [0.5, 0.6) is 5.75 Å². The van der Waals surface area contributed by atoms with Gasteiger partial charge in [-0.15, -0.1) is 0 Å². The van der Waals surface area contributed by atoms with Crippen LogP contribution in [0.2, 0.25) is 0 Å². The van der Waals surface area contributed by atoms with Gasteiger partial charge in [0.2, 0.25) is 5.91 Å². The molecule has 4 fully saturated rings. The summed E-state index contributed by atoms with van der Waals surface area (Å²) in [5.41, 5.74) is 0.773. The Morgan fingerprint density at radius 3 is 2.64 bits per heavy atom. The Labute approximate surface area is 199 Å². The molecule has 0 saturated heterocycles. The van der Waals surface area contributed by atoms with E-state index in [-0.39, 0.29) is 5.41 Å². The first-order valence-electron chi connectivity index (χ1n) is 12.4. The van der Waals surface area contributed by atoms with E-state index in [9.17, 15) is 4.79 Å². The molecule has 4 aliphatic carbocycles. The molecule has 0 radical (unpaired) electrons. The number of aryl methyl sites for hydroxylation is 1. The smallest absolute Gasteiger partial charge is 0.235 e. The van der Waals surface area contributed by atoms with Gasteiger partial charge in [0.15, 0.2) is 5.13 Å². The van der Waals surface area contributed by atoms with E-state index < -0.39 is 0 Å². The topological polar surface area (TPSA) is 60.2 Å². The standard InChI is InChI=1S/C26H32N4O2S/c1-2-32-21-4-5-22-23(13-21)33-25(28-22)30(8-3-7-29-9-6-27-17-29)24(31)26-14-18-10-19(15-26)12-20(11-18)16-26/h4-6,9,13,17-20H,2-3,7-8,10-12,14-16H2,1H3. The highest BCUT2D eigenvalue weighted by Crippen LogP contribution is 2.60. The van der Waals surface area contributed by atoms with Crippen molar-refractivity contribution >= 4 is 32.6 Å². The first-order valence-corrected chi connectivity index (χ1v) is 13.2. The summed E-state index contributed by atoms with van der Waals surface area (Å²) in [5, 5.41) is 0.838. The molecule has 174 valence electrons. The summed E-state index contributed by atoms with van der Waals surface area (Å²) in [4.78, 5) is 25.4. The van der Waals surface area contributed by atoms with Crippen LogP contribution in [0.15, 0.2) is 36.9 Å². The number of hydrogen-bond acceptors (Lipinski definition) is 5. The van der Waals surface area contributed by atoms with Crippen molar-refractivity contribution in [3.05, 3.63) is 36.9 Å². The van der Waals surface area contributed by atoms with Crippen molar-refractivity contribution in [1.82, 2.24) is 14.5 Å². The summed E-state index contributed by atoms with van der Waals surface area (Å²) in [6, 6.07) is 6.04. The van der Waals surface area contributed by atoms with Gasteiger partial charge in [-0.2, -0.15) is 0 Å². The molecule has 0 atom stereocenters. The van der Waals surface area contributed by atoms with Crippen LogP contribution >= 0.6 is 11.3 Å². The number of benzene rings is 1. The number of hydrogen-bond donors (Lipinski definition) is 0. The monoisotopic (exact) mass is 464 g/mol.